The molecule has 0 atom stereocenters. The molecule has 1 aromatic carbocycles. The minimum Gasteiger partial charge on any atom is -0.495 e. The van der Waals surface area contributed by atoms with Crippen molar-refractivity contribution < 1.29 is 9.53 Å². The molecular weight excluding hydrogens is 388 g/mol. The van der Waals surface area contributed by atoms with Gasteiger partial charge in [-0.25, -0.2) is 4.79 Å². The van der Waals surface area contributed by atoms with E-state index in [1.54, 1.807) is 13.2 Å². The molecule has 0 saturated heterocycles. The Morgan fingerprint density at radius 1 is 1.20 bits per heavy atom. The Morgan fingerprint density at radius 3 is 2.55 bits per heavy atom. The summed E-state index contributed by atoms with van der Waals surface area (Å²) < 4.78 is 6.88. The Bertz CT molecular complexity index is 488. The van der Waals surface area contributed by atoms with E-state index in [0.717, 1.165) is 21.8 Å². The molecule has 110 valence electrons. The van der Waals surface area contributed by atoms with Crippen LogP contribution < -0.4 is 15.4 Å². The molecule has 4 nitrogen and oxygen atoms in total. The first-order valence-corrected chi connectivity index (χ1v) is 8.29. The molecule has 0 aromatic heterocycles. The van der Waals surface area contributed by atoms with Crippen LogP contribution in [0.15, 0.2) is 21.1 Å². The lowest BCUT2D eigenvalue weighted by atomic mass is 9.96. The fourth-order valence-corrected chi connectivity index (χ4v) is 3.63. The van der Waals surface area contributed by atoms with E-state index >= 15 is 0 Å². The lowest BCUT2D eigenvalue weighted by Gasteiger charge is -2.23. The molecule has 1 aliphatic carbocycles. The molecule has 0 radical (unpaired) electrons. The third kappa shape index (κ3) is 4.12. The van der Waals surface area contributed by atoms with Gasteiger partial charge in [0.15, 0.2) is 0 Å². The highest BCUT2D eigenvalue weighted by Crippen LogP contribution is 2.34. The average molecular weight is 406 g/mol. The van der Waals surface area contributed by atoms with Crippen LogP contribution in [0, 0.1) is 0 Å². The summed E-state index contributed by atoms with van der Waals surface area (Å²) in [7, 11) is 1.60. The lowest BCUT2D eigenvalue weighted by molar-refractivity contribution is 0.244. The van der Waals surface area contributed by atoms with Crippen molar-refractivity contribution in [2.75, 3.05) is 12.4 Å². The summed E-state index contributed by atoms with van der Waals surface area (Å²) >= 11 is 6.84. The third-order valence-corrected chi connectivity index (χ3v) is 4.71. The third-order valence-electron chi connectivity index (χ3n) is 3.43. The molecule has 1 fully saturated rings. The molecule has 0 spiro atoms. The number of methoxy groups -OCH3 is 1. The number of carbonyl (C=O) groups excluding carboxylic acids is 1. The maximum absolute atomic E-state index is 12.0. The average Bonchev–Trinajstić information content (AvgIpc) is 2.43. The summed E-state index contributed by atoms with van der Waals surface area (Å²) in [6.07, 6.45) is 5.80. The van der Waals surface area contributed by atoms with E-state index in [9.17, 15) is 4.79 Å². The van der Waals surface area contributed by atoms with Crippen LogP contribution in [0.25, 0.3) is 0 Å². The van der Waals surface area contributed by atoms with E-state index in [2.05, 4.69) is 42.5 Å². The zero-order valence-corrected chi connectivity index (χ0v) is 14.5. The van der Waals surface area contributed by atoms with E-state index in [1.807, 2.05) is 6.07 Å². The summed E-state index contributed by atoms with van der Waals surface area (Å²) in [6, 6.07) is 3.77. The van der Waals surface area contributed by atoms with Crippen molar-refractivity contribution in [3.8, 4) is 5.75 Å². The summed E-state index contributed by atoms with van der Waals surface area (Å²) in [5.74, 6) is 0.682. The van der Waals surface area contributed by atoms with Crippen LogP contribution in [-0.2, 0) is 0 Å². The number of rotatable bonds is 3. The van der Waals surface area contributed by atoms with Gasteiger partial charge in [0.05, 0.1) is 17.3 Å². The van der Waals surface area contributed by atoms with Crippen molar-refractivity contribution in [3.63, 3.8) is 0 Å². The Morgan fingerprint density at radius 2 is 1.90 bits per heavy atom. The first-order valence-electron chi connectivity index (χ1n) is 6.70. The molecule has 2 amide bonds. The fourth-order valence-electron chi connectivity index (χ4n) is 2.37. The highest BCUT2D eigenvalue weighted by molar-refractivity contribution is 9.11. The molecule has 1 aliphatic rings. The van der Waals surface area contributed by atoms with Gasteiger partial charge in [0, 0.05) is 16.6 Å². The molecule has 0 bridgehead atoms. The normalized spacial score (nSPS) is 15.8. The zero-order valence-electron chi connectivity index (χ0n) is 11.3. The highest BCUT2D eigenvalue weighted by atomic mass is 79.9. The van der Waals surface area contributed by atoms with Crippen molar-refractivity contribution in [1.82, 2.24) is 5.32 Å². The maximum Gasteiger partial charge on any atom is 0.319 e. The first-order chi connectivity index (χ1) is 9.60. The molecule has 2 rings (SSSR count). The van der Waals surface area contributed by atoms with E-state index in [4.69, 9.17) is 4.74 Å². The number of benzene rings is 1. The van der Waals surface area contributed by atoms with Crippen LogP contribution in [0.2, 0.25) is 0 Å². The van der Waals surface area contributed by atoms with Crippen molar-refractivity contribution in [2.45, 2.75) is 38.1 Å². The number of hydrogen-bond acceptors (Lipinski definition) is 2. The fraction of sp³-hybridized carbons (Fsp3) is 0.500. The second kappa shape index (κ2) is 7.31. The molecule has 0 heterocycles. The molecule has 0 unspecified atom stereocenters. The Labute approximate surface area is 135 Å². The van der Waals surface area contributed by atoms with Gasteiger partial charge in [0.25, 0.3) is 0 Å². The minimum atomic E-state index is -0.165. The molecular formula is C14H18Br2N2O2. The van der Waals surface area contributed by atoms with E-state index in [0.29, 0.717) is 17.5 Å². The standard InChI is InChI=1S/C14H18Br2N2O2/c1-20-13-8-12(10(15)7-11(13)16)18-14(19)17-9-5-3-2-4-6-9/h7-9H,2-6H2,1H3,(H2,17,18,19). The highest BCUT2D eigenvalue weighted by Gasteiger charge is 2.16. The summed E-state index contributed by atoms with van der Waals surface area (Å²) in [4.78, 5) is 12.0. The van der Waals surface area contributed by atoms with E-state index in [-0.39, 0.29) is 6.03 Å². The number of hydrogen-bond donors (Lipinski definition) is 2. The smallest absolute Gasteiger partial charge is 0.319 e. The van der Waals surface area contributed by atoms with Gasteiger partial charge in [-0.15, -0.1) is 0 Å². The molecule has 1 aromatic rings. The first kappa shape index (κ1) is 15.6. The SMILES string of the molecule is COc1cc(NC(=O)NC2CCCCC2)c(Br)cc1Br. The molecule has 0 aliphatic heterocycles. The van der Waals surface area contributed by atoms with Crippen molar-refractivity contribution in [3.05, 3.63) is 21.1 Å². The van der Waals surface area contributed by atoms with Gasteiger partial charge in [0.1, 0.15) is 5.75 Å². The van der Waals surface area contributed by atoms with Gasteiger partial charge in [0.2, 0.25) is 0 Å². The predicted octanol–water partition coefficient (Wildman–Crippen LogP) is 4.67. The predicted molar refractivity (Wildman–Crippen MR) is 87.4 cm³/mol. The topological polar surface area (TPSA) is 50.4 Å². The quantitative estimate of drug-likeness (QED) is 0.767. The lowest BCUT2D eigenvalue weighted by Crippen LogP contribution is -2.39. The van der Waals surface area contributed by atoms with Gasteiger partial charge < -0.3 is 15.4 Å². The number of carbonyl (C=O) groups is 1. The van der Waals surface area contributed by atoms with Crippen molar-refractivity contribution in [1.29, 1.82) is 0 Å². The van der Waals surface area contributed by atoms with Gasteiger partial charge in [-0.1, -0.05) is 19.3 Å². The number of anilines is 1. The van der Waals surface area contributed by atoms with E-state index < -0.39 is 0 Å². The second-order valence-electron chi connectivity index (χ2n) is 4.90. The van der Waals surface area contributed by atoms with Crippen LogP contribution in [0.4, 0.5) is 10.5 Å². The van der Waals surface area contributed by atoms with Gasteiger partial charge >= 0.3 is 6.03 Å². The Kier molecular flexibility index (Phi) is 5.72. The maximum atomic E-state index is 12.0. The molecule has 1 saturated carbocycles. The zero-order chi connectivity index (χ0) is 14.5. The summed E-state index contributed by atoms with van der Waals surface area (Å²) in [6.45, 7) is 0. The largest absolute Gasteiger partial charge is 0.495 e. The van der Waals surface area contributed by atoms with Crippen LogP contribution >= 0.6 is 31.9 Å². The van der Waals surface area contributed by atoms with Crippen LogP contribution in [0.3, 0.4) is 0 Å². The number of ether oxygens (including phenoxy) is 1. The second-order valence-corrected chi connectivity index (χ2v) is 6.61. The molecule has 20 heavy (non-hydrogen) atoms. The van der Waals surface area contributed by atoms with E-state index in [1.165, 1.54) is 19.3 Å². The van der Waals surface area contributed by atoms with Crippen molar-refractivity contribution >= 4 is 43.6 Å². The summed E-state index contributed by atoms with van der Waals surface area (Å²) in [5, 5.41) is 5.88. The number of nitrogens with one attached hydrogen (secondary N) is 2. The molecule has 2 N–H and O–H groups in total. The Balaban J connectivity index is 1.99. The van der Waals surface area contributed by atoms with Crippen LogP contribution in [-0.4, -0.2) is 19.2 Å². The van der Waals surface area contributed by atoms with Gasteiger partial charge in [-0.05, 0) is 50.8 Å². The monoisotopic (exact) mass is 404 g/mol. The molecule has 6 heteroatoms. The minimum absolute atomic E-state index is 0.165. The van der Waals surface area contributed by atoms with Crippen LogP contribution in [0.5, 0.6) is 5.75 Å². The van der Waals surface area contributed by atoms with Crippen LogP contribution in [0.1, 0.15) is 32.1 Å². The summed E-state index contributed by atoms with van der Waals surface area (Å²) in [5.41, 5.74) is 0.693. The Hall–Kier alpha value is -0.750. The number of halogens is 2. The van der Waals surface area contributed by atoms with Gasteiger partial charge in [-0.2, -0.15) is 0 Å². The van der Waals surface area contributed by atoms with Crippen molar-refractivity contribution in [2.24, 2.45) is 0 Å². The number of urea groups is 1. The van der Waals surface area contributed by atoms with Gasteiger partial charge in [-0.3, -0.25) is 0 Å². The number of amides is 2.